The van der Waals surface area contributed by atoms with Crippen LogP contribution in [0.3, 0.4) is 0 Å². The maximum atomic E-state index is 9.68. The SMILES string of the molecule is CCn1nc(C)c(CN2CCN(C3CCN(C(C)C)CC3)[C@@H](CCO)C2)c1C. The van der Waals surface area contributed by atoms with Crippen molar-refractivity contribution in [2.75, 3.05) is 39.3 Å². The molecule has 0 aromatic carbocycles. The Hall–Kier alpha value is -0.950. The van der Waals surface area contributed by atoms with E-state index in [1.165, 1.54) is 42.9 Å². The molecule has 0 aliphatic carbocycles. The van der Waals surface area contributed by atoms with Crippen LogP contribution in [-0.4, -0.2) is 87.0 Å². The molecular weight excluding hydrogens is 350 g/mol. The monoisotopic (exact) mass is 391 g/mol. The number of aromatic nitrogens is 2. The Morgan fingerprint density at radius 3 is 2.39 bits per heavy atom. The molecule has 0 saturated carbocycles. The molecule has 28 heavy (non-hydrogen) atoms. The summed E-state index contributed by atoms with van der Waals surface area (Å²) in [5, 5.41) is 14.4. The molecule has 2 aliphatic rings. The van der Waals surface area contributed by atoms with Gasteiger partial charge in [-0.15, -0.1) is 0 Å². The molecule has 2 aliphatic heterocycles. The van der Waals surface area contributed by atoms with Crippen molar-refractivity contribution in [2.24, 2.45) is 0 Å². The van der Waals surface area contributed by atoms with E-state index in [4.69, 9.17) is 5.10 Å². The van der Waals surface area contributed by atoms with Crippen molar-refractivity contribution in [3.05, 3.63) is 17.0 Å². The molecule has 160 valence electrons. The second-order valence-electron chi connectivity index (χ2n) is 8.97. The second-order valence-corrected chi connectivity index (χ2v) is 8.97. The van der Waals surface area contributed by atoms with Crippen molar-refractivity contribution in [3.8, 4) is 0 Å². The van der Waals surface area contributed by atoms with E-state index < -0.39 is 0 Å². The first-order chi connectivity index (χ1) is 13.4. The van der Waals surface area contributed by atoms with Gasteiger partial charge in [-0.25, -0.2) is 0 Å². The standard InChI is InChI=1S/C22H41N5O/c1-6-27-19(5)22(18(4)23-27)16-24-12-13-26(21(15-24)9-14-28)20-7-10-25(11-8-20)17(2)3/h17,20-21,28H,6-16H2,1-5H3/t21-/m0/s1. The van der Waals surface area contributed by atoms with E-state index >= 15 is 0 Å². The predicted octanol–water partition coefficient (Wildman–Crippen LogP) is 2.26. The maximum Gasteiger partial charge on any atom is 0.0641 e. The number of hydrogen-bond donors (Lipinski definition) is 1. The van der Waals surface area contributed by atoms with Crippen LogP contribution in [0.1, 0.15) is 57.0 Å². The first-order valence-electron chi connectivity index (χ1n) is 11.3. The average Bonchev–Trinajstić information content (AvgIpc) is 2.96. The molecule has 2 fully saturated rings. The summed E-state index contributed by atoms with van der Waals surface area (Å²) in [6.45, 7) is 19.0. The third-order valence-electron chi connectivity index (χ3n) is 6.99. The first kappa shape index (κ1) is 21.8. The zero-order valence-corrected chi connectivity index (χ0v) is 18.7. The lowest BCUT2D eigenvalue weighted by atomic mass is 9.97. The third-order valence-corrected chi connectivity index (χ3v) is 6.99. The minimum Gasteiger partial charge on any atom is -0.396 e. The van der Waals surface area contributed by atoms with Crippen LogP contribution in [0.2, 0.25) is 0 Å². The highest BCUT2D eigenvalue weighted by atomic mass is 16.3. The predicted molar refractivity (Wildman–Crippen MR) is 115 cm³/mol. The van der Waals surface area contributed by atoms with Crippen LogP contribution >= 0.6 is 0 Å². The maximum absolute atomic E-state index is 9.68. The number of nitrogens with zero attached hydrogens (tertiary/aromatic N) is 5. The quantitative estimate of drug-likeness (QED) is 0.773. The number of rotatable bonds is 7. The Labute approximate surface area is 171 Å². The van der Waals surface area contributed by atoms with E-state index in [-0.39, 0.29) is 6.61 Å². The molecule has 1 N–H and O–H groups in total. The lowest BCUT2D eigenvalue weighted by Crippen LogP contribution is -2.58. The molecule has 1 atom stereocenters. The van der Waals surface area contributed by atoms with Gasteiger partial charge in [0, 0.05) is 68.7 Å². The van der Waals surface area contributed by atoms with Gasteiger partial charge in [0.2, 0.25) is 0 Å². The molecule has 0 radical (unpaired) electrons. The van der Waals surface area contributed by atoms with Crippen LogP contribution in [0.4, 0.5) is 0 Å². The largest absolute Gasteiger partial charge is 0.396 e. The van der Waals surface area contributed by atoms with Gasteiger partial charge < -0.3 is 10.0 Å². The highest BCUT2D eigenvalue weighted by molar-refractivity contribution is 5.24. The van der Waals surface area contributed by atoms with Crippen molar-refractivity contribution in [3.63, 3.8) is 0 Å². The summed E-state index contributed by atoms with van der Waals surface area (Å²) in [7, 11) is 0. The van der Waals surface area contributed by atoms with E-state index in [0.29, 0.717) is 18.1 Å². The fourth-order valence-electron chi connectivity index (χ4n) is 5.19. The molecule has 3 heterocycles. The Morgan fingerprint density at radius 1 is 1.11 bits per heavy atom. The number of aliphatic hydroxyl groups is 1. The zero-order chi connectivity index (χ0) is 20.3. The highest BCUT2D eigenvalue weighted by Gasteiger charge is 2.34. The molecule has 1 aromatic rings. The smallest absolute Gasteiger partial charge is 0.0641 e. The Bertz CT molecular complexity index is 621. The molecule has 1 aromatic heterocycles. The van der Waals surface area contributed by atoms with Crippen molar-refractivity contribution in [1.82, 2.24) is 24.5 Å². The summed E-state index contributed by atoms with van der Waals surface area (Å²) in [5.74, 6) is 0. The molecule has 3 rings (SSSR count). The van der Waals surface area contributed by atoms with Crippen LogP contribution in [0.5, 0.6) is 0 Å². The number of piperazine rings is 1. The summed E-state index contributed by atoms with van der Waals surface area (Å²) in [4.78, 5) is 7.90. The minimum absolute atomic E-state index is 0.283. The van der Waals surface area contributed by atoms with Gasteiger partial charge in [0.1, 0.15) is 0 Å². The van der Waals surface area contributed by atoms with Gasteiger partial charge in [-0.1, -0.05) is 0 Å². The fraction of sp³-hybridized carbons (Fsp3) is 0.864. The van der Waals surface area contributed by atoms with Gasteiger partial charge in [0.05, 0.1) is 5.69 Å². The lowest BCUT2D eigenvalue weighted by Gasteiger charge is -2.48. The molecule has 0 amide bonds. The summed E-state index contributed by atoms with van der Waals surface area (Å²) >= 11 is 0. The zero-order valence-electron chi connectivity index (χ0n) is 18.7. The van der Waals surface area contributed by atoms with E-state index in [1.54, 1.807) is 0 Å². The molecular formula is C22H41N5O. The number of aryl methyl sites for hydroxylation is 2. The molecule has 6 heteroatoms. The third kappa shape index (κ3) is 4.78. The van der Waals surface area contributed by atoms with Crippen LogP contribution in [0.25, 0.3) is 0 Å². The van der Waals surface area contributed by atoms with Crippen molar-refractivity contribution in [1.29, 1.82) is 0 Å². The Morgan fingerprint density at radius 2 is 1.82 bits per heavy atom. The first-order valence-corrected chi connectivity index (χ1v) is 11.3. The van der Waals surface area contributed by atoms with Crippen LogP contribution in [0, 0.1) is 13.8 Å². The van der Waals surface area contributed by atoms with Crippen LogP contribution in [-0.2, 0) is 13.1 Å². The van der Waals surface area contributed by atoms with E-state index in [9.17, 15) is 5.11 Å². The summed E-state index contributed by atoms with van der Waals surface area (Å²) < 4.78 is 2.12. The van der Waals surface area contributed by atoms with Crippen molar-refractivity contribution in [2.45, 2.75) is 85.1 Å². The lowest BCUT2D eigenvalue weighted by molar-refractivity contribution is -0.000132. The van der Waals surface area contributed by atoms with Crippen molar-refractivity contribution >= 4 is 0 Å². The van der Waals surface area contributed by atoms with Gasteiger partial charge in [0.25, 0.3) is 0 Å². The van der Waals surface area contributed by atoms with Crippen molar-refractivity contribution < 1.29 is 5.11 Å². The number of aliphatic hydroxyl groups excluding tert-OH is 1. The summed E-state index contributed by atoms with van der Waals surface area (Å²) in [6, 6.07) is 1.80. The molecule has 0 bridgehead atoms. The van der Waals surface area contributed by atoms with Gasteiger partial charge in [0.15, 0.2) is 0 Å². The van der Waals surface area contributed by atoms with Gasteiger partial charge in [-0.3, -0.25) is 14.5 Å². The topological polar surface area (TPSA) is 47.8 Å². The normalized spacial score (nSPS) is 23.8. The fourth-order valence-corrected chi connectivity index (χ4v) is 5.19. The van der Waals surface area contributed by atoms with E-state index in [1.807, 2.05) is 0 Å². The molecule has 2 saturated heterocycles. The highest BCUT2D eigenvalue weighted by Crippen LogP contribution is 2.25. The van der Waals surface area contributed by atoms with Crippen LogP contribution < -0.4 is 0 Å². The minimum atomic E-state index is 0.283. The summed E-state index contributed by atoms with van der Waals surface area (Å²) in [6.07, 6.45) is 3.41. The molecule has 0 spiro atoms. The Balaban J connectivity index is 1.62. The van der Waals surface area contributed by atoms with Crippen LogP contribution in [0.15, 0.2) is 0 Å². The summed E-state index contributed by atoms with van der Waals surface area (Å²) in [5.41, 5.74) is 3.87. The number of likely N-dealkylation sites (tertiary alicyclic amines) is 1. The Kier molecular flexibility index (Phi) is 7.54. The van der Waals surface area contributed by atoms with Gasteiger partial charge in [-0.2, -0.15) is 5.10 Å². The number of piperidine rings is 1. The number of hydrogen-bond acceptors (Lipinski definition) is 5. The van der Waals surface area contributed by atoms with Gasteiger partial charge >= 0.3 is 0 Å². The average molecular weight is 392 g/mol. The van der Waals surface area contributed by atoms with Gasteiger partial charge in [-0.05, 0) is 67.0 Å². The van der Waals surface area contributed by atoms with E-state index in [2.05, 4.69) is 54.0 Å². The second kappa shape index (κ2) is 9.70. The molecule has 6 nitrogen and oxygen atoms in total. The molecule has 0 unspecified atom stereocenters. The van der Waals surface area contributed by atoms with E-state index in [0.717, 1.165) is 39.1 Å².